The Bertz CT molecular complexity index is 549. The van der Waals surface area contributed by atoms with E-state index in [0.29, 0.717) is 6.61 Å². The highest BCUT2D eigenvalue weighted by atomic mass is 16.5. The van der Waals surface area contributed by atoms with Crippen molar-refractivity contribution in [2.24, 2.45) is 5.92 Å². The van der Waals surface area contributed by atoms with Gasteiger partial charge in [0.1, 0.15) is 0 Å². The molecule has 0 aliphatic carbocycles. The molecule has 0 bridgehead atoms. The third-order valence-corrected chi connectivity index (χ3v) is 5.71. The Balaban J connectivity index is 1.82. The maximum Gasteiger partial charge on any atom is 0.161 e. The van der Waals surface area contributed by atoms with E-state index in [0.717, 1.165) is 50.5 Å². The zero-order chi connectivity index (χ0) is 20.2. The molecule has 2 unspecified atom stereocenters. The van der Waals surface area contributed by atoms with Crippen molar-refractivity contribution in [1.82, 2.24) is 4.90 Å². The molecule has 0 spiro atoms. The van der Waals surface area contributed by atoms with Crippen LogP contribution in [0.3, 0.4) is 0 Å². The van der Waals surface area contributed by atoms with Gasteiger partial charge in [-0.25, -0.2) is 0 Å². The van der Waals surface area contributed by atoms with Crippen molar-refractivity contribution in [3.8, 4) is 11.5 Å². The van der Waals surface area contributed by atoms with Gasteiger partial charge in [0.05, 0.1) is 19.3 Å². The smallest absolute Gasteiger partial charge is 0.161 e. The highest BCUT2D eigenvalue weighted by Crippen LogP contribution is 2.31. The molecule has 2 rings (SSSR count). The Labute approximate surface area is 172 Å². The Morgan fingerprint density at radius 3 is 2.50 bits per heavy atom. The minimum Gasteiger partial charge on any atom is -0.490 e. The molecule has 28 heavy (non-hydrogen) atoms. The molecule has 0 radical (unpaired) electrons. The molecule has 4 heteroatoms. The Morgan fingerprint density at radius 1 is 1.00 bits per heavy atom. The van der Waals surface area contributed by atoms with Crippen LogP contribution in [0.15, 0.2) is 18.2 Å². The number of aliphatic hydroxyl groups is 1. The van der Waals surface area contributed by atoms with Gasteiger partial charge in [-0.05, 0) is 50.9 Å². The Kier molecular flexibility index (Phi) is 10.7. The molecular weight excluding hydrogens is 350 g/mol. The van der Waals surface area contributed by atoms with Crippen LogP contribution < -0.4 is 9.47 Å². The monoisotopic (exact) mass is 391 g/mol. The molecule has 1 saturated heterocycles. The van der Waals surface area contributed by atoms with Crippen LogP contribution in [-0.2, 0) is 6.42 Å². The first-order chi connectivity index (χ1) is 13.6. The fourth-order valence-electron chi connectivity index (χ4n) is 4.01. The van der Waals surface area contributed by atoms with Gasteiger partial charge in [0, 0.05) is 19.0 Å². The second kappa shape index (κ2) is 13.1. The van der Waals surface area contributed by atoms with Crippen LogP contribution >= 0.6 is 0 Å². The first-order valence-electron chi connectivity index (χ1n) is 11.4. The average molecular weight is 392 g/mol. The molecule has 0 amide bonds. The van der Waals surface area contributed by atoms with E-state index >= 15 is 0 Å². The van der Waals surface area contributed by atoms with Crippen molar-refractivity contribution in [2.45, 2.75) is 77.7 Å². The van der Waals surface area contributed by atoms with Crippen LogP contribution in [0.5, 0.6) is 11.5 Å². The standard InChI is InChI=1S/C24H41NO3/c1-4-6-7-8-9-10-11-16-28-23-13-12-20(18-24(23)27-5-2)17-21-19-25(3)15-14-22(21)26/h12-13,18,21-22,26H,4-11,14-17,19H2,1-3H3. The SMILES string of the molecule is CCCCCCCCCOc1ccc(CC2CN(C)CCC2O)cc1OCC. The molecule has 1 fully saturated rings. The molecule has 1 aliphatic rings. The number of aliphatic hydroxyl groups excluding tert-OH is 1. The van der Waals surface area contributed by atoms with Gasteiger partial charge < -0.3 is 19.5 Å². The zero-order valence-corrected chi connectivity index (χ0v) is 18.3. The van der Waals surface area contributed by atoms with E-state index in [1.807, 2.05) is 13.0 Å². The highest BCUT2D eigenvalue weighted by Gasteiger charge is 2.26. The summed E-state index contributed by atoms with van der Waals surface area (Å²) in [6, 6.07) is 6.27. The van der Waals surface area contributed by atoms with Crippen molar-refractivity contribution in [3.05, 3.63) is 23.8 Å². The normalized spacial score (nSPS) is 20.3. The van der Waals surface area contributed by atoms with Gasteiger partial charge in [-0.1, -0.05) is 51.5 Å². The van der Waals surface area contributed by atoms with E-state index in [4.69, 9.17) is 9.47 Å². The minimum atomic E-state index is -0.208. The minimum absolute atomic E-state index is 0.208. The summed E-state index contributed by atoms with van der Waals surface area (Å²) >= 11 is 0. The van der Waals surface area contributed by atoms with Crippen LogP contribution in [0, 0.1) is 5.92 Å². The summed E-state index contributed by atoms with van der Waals surface area (Å²) in [6.07, 6.45) is 10.5. The van der Waals surface area contributed by atoms with Crippen LogP contribution in [-0.4, -0.2) is 49.5 Å². The molecule has 1 aliphatic heterocycles. The number of hydrogen-bond donors (Lipinski definition) is 1. The predicted molar refractivity (Wildman–Crippen MR) is 116 cm³/mol. The highest BCUT2D eigenvalue weighted by molar-refractivity contribution is 5.43. The molecular formula is C24H41NO3. The van der Waals surface area contributed by atoms with Gasteiger partial charge in [-0.15, -0.1) is 0 Å². The molecule has 4 nitrogen and oxygen atoms in total. The van der Waals surface area contributed by atoms with Crippen LogP contribution in [0.25, 0.3) is 0 Å². The number of unbranched alkanes of at least 4 members (excludes halogenated alkanes) is 6. The molecule has 1 N–H and O–H groups in total. The number of piperidine rings is 1. The van der Waals surface area contributed by atoms with Crippen molar-refractivity contribution in [3.63, 3.8) is 0 Å². The number of rotatable bonds is 13. The van der Waals surface area contributed by atoms with Crippen molar-refractivity contribution >= 4 is 0 Å². The zero-order valence-electron chi connectivity index (χ0n) is 18.3. The number of benzene rings is 1. The fraction of sp³-hybridized carbons (Fsp3) is 0.750. The second-order valence-electron chi connectivity index (χ2n) is 8.27. The van der Waals surface area contributed by atoms with Gasteiger partial charge in [-0.3, -0.25) is 0 Å². The van der Waals surface area contributed by atoms with Crippen LogP contribution in [0.2, 0.25) is 0 Å². The van der Waals surface area contributed by atoms with Gasteiger partial charge in [-0.2, -0.15) is 0 Å². The quantitative estimate of drug-likeness (QED) is 0.477. The second-order valence-corrected chi connectivity index (χ2v) is 8.27. The maximum atomic E-state index is 10.3. The van der Waals surface area contributed by atoms with Gasteiger partial charge >= 0.3 is 0 Å². The van der Waals surface area contributed by atoms with Crippen LogP contribution in [0.4, 0.5) is 0 Å². The molecule has 1 aromatic rings. The lowest BCUT2D eigenvalue weighted by molar-refractivity contribution is 0.0366. The maximum absolute atomic E-state index is 10.3. The van der Waals surface area contributed by atoms with Crippen LogP contribution in [0.1, 0.15) is 70.8 Å². The van der Waals surface area contributed by atoms with Crippen molar-refractivity contribution in [2.75, 3.05) is 33.4 Å². The molecule has 160 valence electrons. The average Bonchev–Trinajstić information content (AvgIpc) is 2.68. The molecule has 1 heterocycles. The topological polar surface area (TPSA) is 41.9 Å². The number of nitrogens with zero attached hydrogens (tertiary/aromatic N) is 1. The van der Waals surface area contributed by atoms with Gasteiger partial charge in [0.25, 0.3) is 0 Å². The lowest BCUT2D eigenvalue weighted by Gasteiger charge is -2.34. The van der Waals surface area contributed by atoms with E-state index in [1.54, 1.807) is 0 Å². The third kappa shape index (κ3) is 8.00. The largest absolute Gasteiger partial charge is 0.490 e. The summed E-state index contributed by atoms with van der Waals surface area (Å²) in [4.78, 5) is 2.31. The molecule has 0 aromatic heterocycles. The predicted octanol–water partition coefficient (Wildman–Crippen LogP) is 5.07. The van der Waals surface area contributed by atoms with E-state index in [1.165, 1.54) is 44.1 Å². The lowest BCUT2D eigenvalue weighted by Crippen LogP contribution is -2.41. The van der Waals surface area contributed by atoms with E-state index in [-0.39, 0.29) is 12.0 Å². The first-order valence-corrected chi connectivity index (χ1v) is 11.4. The number of hydrogen-bond acceptors (Lipinski definition) is 4. The Hall–Kier alpha value is -1.26. The van der Waals surface area contributed by atoms with E-state index in [9.17, 15) is 5.11 Å². The summed E-state index contributed by atoms with van der Waals surface area (Å²) in [5.74, 6) is 1.96. The first kappa shape index (κ1) is 23.0. The van der Waals surface area contributed by atoms with Crippen molar-refractivity contribution in [1.29, 1.82) is 0 Å². The lowest BCUT2D eigenvalue weighted by atomic mass is 9.89. The van der Waals surface area contributed by atoms with Crippen molar-refractivity contribution < 1.29 is 14.6 Å². The number of ether oxygens (including phenoxy) is 2. The fourth-order valence-corrected chi connectivity index (χ4v) is 4.01. The van der Waals surface area contributed by atoms with Gasteiger partial charge in [0.15, 0.2) is 11.5 Å². The molecule has 1 aromatic carbocycles. The van der Waals surface area contributed by atoms with E-state index < -0.39 is 0 Å². The summed E-state index contributed by atoms with van der Waals surface area (Å²) in [5, 5.41) is 10.3. The Morgan fingerprint density at radius 2 is 1.75 bits per heavy atom. The summed E-state index contributed by atoms with van der Waals surface area (Å²) in [6.45, 7) is 7.57. The van der Waals surface area contributed by atoms with E-state index in [2.05, 4.69) is 31.0 Å². The third-order valence-electron chi connectivity index (χ3n) is 5.71. The number of likely N-dealkylation sites (tertiary alicyclic amines) is 1. The summed E-state index contributed by atoms with van der Waals surface area (Å²) in [5.41, 5.74) is 1.21. The van der Waals surface area contributed by atoms with Gasteiger partial charge in [0.2, 0.25) is 0 Å². The summed E-state index contributed by atoms with van der Waals surface area (Å²) in [7, 11) is 2.13. The molecule has 2 atom stereocenters. The summed E-state index contributed by atoms with van der Waals surface area (Å²) < 4.78 is 11.9. The molecule has 0 saturated carbocycles.